The molecule has 2 rings (SSSR count). The van der Waals surface area contributed by atoms with E-state index in [1.807, 2.05) is 0 Å². The fourth-order valence-corrected chi connectivity index (χ4v) is 2.70. The third-order valence-electron chi connectivity index (χ3n) is 4.10. The van der Waals surface area contributed by atoms with Crippen LogP contribution in [0.4, 0.5) is 17.6 Å². The zero-order valence-electron chi connectivity index (χ0n) is 17.1. The SMILES string of the molecule is O=C(COc1ccc(Cl)c(F)c1)NCCC(O)CC(=O)NCc1cccc(OC(F)(F)F)c1. The van der Waals surface area contributed by atoms with Crippen molar-refractivity contribution in [1.29, 1.82) is 0 Å². The van der Waals surface area contributed by atoms with E-state index in [9.17, 15) is 32.3 Å². The Balaban J connectivity index is 1.64. The molecule has 0 aliphatic rings. The van der Waals surface area contributed by atoms with E-state index in [1.165, 1.54) is 24.3 Å². The maximum atomic E-state index is 13.3. The van der Waals surface area contributed by atoms with Gasteiger partial charge in [-0.05, 0) is 36.2 Å². The predicted octanol–water partition coefficient (Wildman–Crippen LogP) is 3.33. The van der Waals surface area contributed by atoms with Gasteiger partial charge in [-0.3, -0.25) is 9.59 Å². The molecule has 2 amide bonds. The van der Waals surface area contributed by atoms with Crippen molar-refractivity contribution in [2.45, 2.75) is 31.9 Å². The minimum atomic E-state index is -4.82. The van der Waals surface area contributed by atoms with E-state index in [-0.39, 0.29) is 43.3 Å². The summed E-state index contributed by atoms with van der Waals surface area (Å²) in [5, 5.41) is 14.8. The topological polar surface area (TPSA) is 96.9 Å². The van der Waals surface area contributed by atoms with Crippen molar-refractivity contribution in [3.05, 3.63) is 58.9 Å². The molecule has 1 atom stereocenters. The summed E-state index contributed by atoms with van der Waals surface area (Å²) >= 11 is 5.55. The van der Waals surface area contributed by atoms with E-state index >= 15 is 0 Å². The minimum Gasteiger partial charge on any atom is -0.484 e. The molecule has 33 heavy (non-hydrogen) atoms. The number of halogens is 5. The number of nitrogens with one attached hydrogen (secondary N) is 2. The Morgan fingerprint density at radius 1 is 1.06 bits per heavy atom. The first-order valence-electron chi connectivity index (χ1n) is 9.66. The first-order valence-corrected chi connectivity index (χ1v) is 10.0. The second kappa shape index (κ2) is 12.3. The second-order valence-corrected chi connectivity index (χ2v) is 7.24. The number of ether oxygens (including phenoxy) is 2. The summed E-state index contributed by atoms with van der Waals surface area (Å²) in [7, 11) is 0. The standard InChI is InChI=1S/C21H21ClF4N2O5/c22-17-5-4-15(10-18(17)23)32-12-20(31)27-7-6-14(29)9-19(30)28-11-13-2-1-3-16(8-13)33-21(24,25)26/h1-5,8,10,14,29H,6-7,9,11-12H2,(H,27,31)(H,28,30). The number of hydrogen-bond acceptors (Lipinski definition) is 5. The summed E-state index contributed by atoms with van der Waals surface area (Å²) in [5.41, 5.74) is 0.382. The molecule has 0 aliphatic heterocycles. The molecule has 0 spiro atoms. The number of carbonyl (C=O) groups is 2. The van der Waals surface area contributed by atoms with Crippen LogP contribution in [0, 0.1) is 5.82 Å². The van der Waals surface area contributed by atoms with Crippen LogP contribution in [0.25, 0.3) is 0 Å². The highest BCUT2D eigenvalue weighted by molar-refractivity contribution is 6.30. The van der Waals surface area contributed by atoms with Gasteiger partial charge in [0.1, 0.15) is 17.3 Å². The Hall–Kier alpha value is -3.05. The van der Waals surface area contributed by atoms with Crippen molar-refractivity contribution in [2.24, 2.45) is 0 Å². The Morgan fingerprint density at radius 2 is 1.82 bits per heavy atom. The lowest BCUT2D eigenvalue weighted by molar-refractivity contribution is -0.274. The number of hydrogen-bond donors (Lipinski definition) is 3. The van der Waals surface area contributed by atoms with Crippen molar-refractivity contribution in [2.75, 3.05) is 13.2 Å². The molecule has 0 fully saturated rings. The summed E-state index contributed by atoms with van der Waals surface area (Å²) in [6, 6.07) is 8.87. The van der Waals surface area contributed by atoms with E-state index in [1.54, 1.807) is 0 Å². The number of carbonyl (C=O) groups excluding carboxylic acids is 2. The zero-order chi connectivity index (χ0) is 24.4. The fraction of sp³-hybridized carbons (Fsp3) is 0.333. The third-order valence-corrected chi connectivity index (χ3v) is 4.41. The number of aliphatic hydroxyl groups excluding tert-OH is 1. The normalized spacial score (nSPS) is 12.1. The van der Waals surface area contributed by atoms with E-state index in [0.29, 0.717) is 5.56 Å². The number of benzene rings is 2. The molecule has 0 bridgehead atoms. The maximum absolute atomic E-state index is 13.3. The van der Waals surface area contributed by atoms with E-state index in [4.69, 9.17) is 16.3 Å². The van der Waals surface area contributed by atoms with Gasteiger partial charge in [0, 0.05) is 19.2 Å². The van der Waals surface area contributed by atoms with Crippen LogP contribution in [0.3, 0.4) is 0 Å². The summed E-state index contributed by atoms with van der Waals surface area (Å²) in [6.07, 6.45) is -6.07. The van der Waals surface area contributed by atoms with Crippen LogP contribution in [0.2, 0.25) is 5.02 Å². The van der Waals surface area contributed by atoms with Gasteiger partial charge in [0.25, 0.3) is 5.91 Å². The molecule has 1 unspecified atom stereocenters. The average Bonchev–Trinajstić information content (AvgIpc) is 2.72. The van der Waals surface area contributed by atoms with Crippen LogP contribution in [0.5, 0.6) is 11.5 Å². The van der Waals surface area contributed by atoms with Crippen LogP contribution >= 0.6 is 11.6 Å². The molecule has 3 N–H and O–H groups in total. The first kappa shape index (κ1) is 26.2. The van der Waals surface area contributed by atoms with Gasteiger partial charge in [-0.1, -0.05) is 23.7 Å². The highest BCUT2D eigenvalue weighted by atomic mass is 35.5. The summed E-state index contributed by atoms with van der Waals surface area (Å²) < 4.78 is 59.0. The van der Waals surface area contributed by atoms with Gasteiger partial charge < -0.3 is 25.2 Å². The largest absolute Gasteiger partial charge is 0.573 e. The fourth-order valence-electron chi connectivity index (χ4n) is 2.59. The number of alkyl halides is 3. The minimum absolute atomic E-state index is 0.0556. The second-order valence-electron chi connectivity index (χ2n) is 6.83. The van der Waals surface area contributed by atoms with Gasteiger partial charge in [0.15, 0.2) is 6.61 Å². The lowest BCUT2D eigenvalue weighted by Crippen LogP contribution is -2.33. The summed E-state index contributed by atoms with van der Waals surface area (Å²) in [5.74, 6) is -2.00. The van der Waals surface area contributed by atoms with Gasteiger partial charge in [-0.2, -0.15) is 0 Å². The van der Waals surface area contributed by atoms with E-state index in [2.05, 4.69) is 15.4 Å². The zero-order valence-corrected chi connectivity index (χ0v) is 17.9. The lowest BCUT2D eigenvalue weighted by atomic mass is 10.1. The average molecular weight is 493 g/mol. The predicted molar refractivity (Wildman–Crippen MR) is 110 cm³/mol. The lowest BCUT2D eigenvalue weighted by Gasteiger charge is -2.13. The molecule has 7 nitrogen and oxygen atoms in total. The van der Waals surface area contributed by atoms with Crippen molar-refractivity contribution < 1.29 is 41.7 Å². The Morgan fingerprint density at radius 3 is 2.52 bits per heavy atom. The Kier molecular flexibility index (Phi) is 9.74. The van der Waals surface area contributed by atoms with Crippen molar-refractivity contribution in [3.63, 3.8) is 0 Å². The molecule has 180 valence electrons. The van der Waals surface area contributed by atoms with Gasteiger partial charge in [-0.25, -0.2) is 4.39 Å². The first-order chi connectivity index (χ1) is 15.5. The van der Waals surface area contributed by atoms with Crippen molar-refractivity contribution in [1.82, 2.24) is 10.6 Å². The third kappa shape index (κ3) is 10.4. The van der Waals surface area contributed by atoms with E-state index < -0.39 is 35.8 Å². The molecule has 0 saturated heterocycles. The molecular formula is C21H21ClF4N2O5. The highest BCUT2D eigenvalue weighted by Gasteiger charge is 2.31. The number of amides is 2. The van der Waals surface area contributed by atoms with Crippen molar-refractivity contribution >= 4 is 23.4 Å². The molecular weight excluding hydrogens is 472 g/mol. The van der Waals surface area contributed by atoms with Crippen LogP contribution in [0.15, 0.2) is 42.5 Å². The summed E-state index contributed by atoms with van der Waals surface area (Å²) in [6.45, 7) is -0.378. The van der Waals surface area contributed by atoms with E-state index in [0.717, 1.165) is 18.2 Å². The van der Waals surface area contributed by atoms with Crippen LogP contribution < -0.4 is 20.1 Å². The van der Waals surface area contributed by atoms with Gasteiger partial charge >= 0.3 is 6.36 Å². The number of rotatable bonds is 11. The van der Waals surface area contributed by atoms with Gasteiger partial charge in [0.2, 0.25) is 5.91 Å². The molecule has 0 aromatic heterocycles. The Bertz CT molecular complexity index is 958. The molecule has 0 radical (unpaired) electrons. The molecule has 2 aromatic carbocycles. The monoisotopic (exact) mass is 492 g/mol. The molecule has 2 aromatic rings. The van der Waals surface area contributed by atoms with Crippen LogP contribution in [-0.2, 0) is 16.1 Å². The summed E-state index contributed by atoms with van der Waals surface area (Å²) in [4.78, 5) is 23.7. The maximum Gasteiger partial charge on any atom is 0.573 e. The molecule has 0 saturated carbocycles. The highest BCUT2D eigenvalue weighted by Crippen LogP contribution is 2.23. The quantitative estimate of drug-likeness (QED) is 0.418. The molecule has 0 heterocycles. The van der Waals surface area contributed by atoms with Crippen molar-refractivity contribution in [3.8, 4) is 11.5 Å². The Labute approximate surface area is 191 Å². The van der Waals surface area contributed by atoms with Crippen LogP contribution in [0.1, 0.15) is 18.4 Å². The van der Waals surface area contributed by atoms with Crippen LogP contribution in [-0.4, -0.2) is 42.5 Å². The smallest absolute Gasteiger partial charge is 0.484 e. The van der Waals surface area contributed by atoms with Gasteiger partial charge in [0.05, 0.1) is 17.5 Å². The van der Waals surface area contributed by atoms with Gasteiger partial charge in [-0.15, -0.1) is 13.2 Å². The molecule has 0 aliphatic carbocycles. The molecule has 12 heteroatoms. The number of aliphatic hydroxyl groups is 1.